The molecule has 0 atom stereocenters. The van der Waals surface area contributed by atoms with Gasteiger partial charge in [-0.1, -0.05) is 18.2 Å². The normalized spacial score (nSPS) is 10.2. The average molecular weight is 230 g/mol. The van der Waals surface area contributed by atoms with Gasteiger partial charge in [-0.15, -0.1) is 0 Å². The SMILES string of the molecule is CCN(C(=O)c1ncc(C)o1)c1ccccc1. The molecule has 0 aliphatic carbocycles. The molecule has 0 N–H and O–H groups in total. The molecule has 0 aliphatic heterocycles. The Morgan fingerprint density at radius 1 is 1.35 bits per heavy atom. The number of para-hydroxylation sites is 1. The topological polar surface area (TPSA) is 46.3 Å². The molecule has 0 radical (unpaired) electrons. The molecule has 2 aromatic rings. The van der Waals surface area contributed by atoms with E-state index in [0.29, 0.717) is 12.3 Å². The lowest BCUT2D eigenvalue weighted by molar-refractivity contribution is 0.0953. The highest BCUT2D eigenvalue weighted by Gasteiger charge is 2.20. The third-order valence-electron chi connectivity index (χ3n) is 2.43. The van der Waals surface area contributed by atoms with Gasteiger partial charge in [-0.05, 0) is 26.0 Å². The van der Waals surface area contributed by atoms with Crippen molar-refractivity contribution in [1.82, 2.24) is 4.98 Å². The van der Waals surface area contributed by atoms with Gasteiger partial charge < -0.3 is 9.32 Å². The number of rotatable bonds is 3. The van der Waals surface area contributed by atoms with E-state index in [0.717, 1.165) is 5.69 Å². The van der Waals surface area contributed by atoms with Crippen molar-refractivity contribution in [3.63, 3.8) is 0 Å². The molecule has 88 valence electrons. The van der Waals surface area contributed by atoms with Crippen molar-refractivity contribution in [2.24, 2.45) is 0 Å². The minimum atomic E-state index is -0.216. The number of amides is 1. The fourth-order valence-corrected chi connectivity index (χ4v) is 1.62. The molecule has 0 spiro atoms. The third kappa shape index (κ3) is 2.36. The van der Waals surface area contributed by atoms with Crippen molar-refractivity contribution in [2.75, 3.05) is 11.4 Å². The molecule has 1 aromatic carbocycles. The van der Waals surface area contributed by atoms with Gasteiger partial charge in [0.2, 0.25) is 0 Å². The Hall–Kier alpha value is -2.10. The number of benzene rings is 1. The first kappa shape index (κ1) is 11.4. The Labute approximate surface area is 99.9 Å². The highest BCUT2D eigenvalue weighted by Crippen LogP contribution is 2.16. The van der Waals surface area contributed by atoms with Gasteiger partial charge in [0, 0.05) is 12.2 Å². The molecule has 0 saturated carbocycles. The monoisotopic (exact) mass is 230 g/mol. The van der Waals surface area contributed by atoms with E-state index >= 15 is 0 Å². The maximum Gasteiger partial charge on any atom is 0.314 e. The molecule has 4 nitrogen and oxygen atoms in total. The molecule has 17 heavy (non-hydrogen) atoms. The summed E-state index contributed by atoms with van der Waals surface area (Å²) >= 11 is 0. The lowest BCUT2D eigenvalue weighted by Gasteiger charge is -2.18. The Morgan fingerprint density at radius 2 is 2.06 bits per heavy atom. The van der Waals surface area contributed by atoms with E-state index in [1.165, 1.54) is 0 Å². The summed E-state index contributed by atoms with van der Waals surface area (Å²) in [6.07, 6.45) is 1.55. The van der Waals surface area contributed by atoms with Crippen LogP contribution in [0.5, 0.6) is 0 Å². The zero-order chi connectivity index (χ0) is 12.3. The maximum atomic E-state index is 12.2. The van der Waals surface area contributed by atoms with Crippen molar-refractivity contribution in [2.45, 2.75) is 13.8 Å². The van der Waals surface area contributed by atoms with Crippen LogP contribution in [0.25, 0.3) is 0 Å². The number of oxazole rings is 1. The van der Waals surface area contributed by atoms with Crippen LogP contribution in [0.1, 0.15) is 23.4 Å². The number of carbonyl (C=O) groups excluding carboxylic acids is 1. The average Bonchev–Trinajstić information content (AvgIpc) is 2.78. The molecule has 0 bridgehead atoms. The third-order valence-corrected chi connectivity index (χ3v) is 2.43. The summed E-state index contributed by atoms with van der Waals surface area (Å²) < 4.78 is 5.25. The van der Waals surface area contributed by atoms with Gasteiger partial charge in [0.05, 0.1) is 6.20 Å². The summed E-state index contributed by atoms with van der Waals surface area (Å²) in [6.45, 7) is 4.26. The molecular weight excluding hydrogens is 216 g/mol. The second-order valence-corrected chi connectivity index (χ2v) is 3.66. The van der Waals surface area contributed by atoms with Gasteiger partial charge in [0.25, 0.3) is 5.89 Å². The summed E-state index contributed by atoms with van der Waals surface area (Å²) in [7, 11) is 0. The first-order valence-corrected chi connectivity index (χ1v) is 5.51. The van der Waals surface area contributed by atoms with E-state index in [2.05, 4.69) is 4.98 Å². The van der Waals surface area contributed by atoms with Crippen molar-refractivity contribution in [3.8, 4) is 0 Å². The number of aromatic nitrogens is 1. The summed E-state index contributed by atoms with van der Waals surface area (Å²) in [4.78, 5) is 17.7. The van der Waals surface area contributed by atoms with Crippen LogP contribution >= 0.6 is 0 Å². The summed E-state index contributed by atoms with van der Waals surface area (Å²) in [5.41, 5.74) is 0.843. The molecule has 0 aliphatic rings. The van der Waals surface area contributed by atoms with Crippen molar-refractivity contribution in [3.05, 3.63) is 48.2 Å². The lowest BCUT2D eigenvalue weighted by Crippen LogP contribution is -2.30. The number of carbonyl (C=O) groups is 1. The van der Waals surface area contributed by atoms with Gasteiger partial charge >= 0.3 is 5.91 Å². The molecule has 1 heterocycles. The zero-order valence-corrected chi connectivity index (χ0v) is 9.88. The first-order chi connectivity index (χ1) is 8.22. The molecule has 1 amide bonds. The van der Waals surface area contributed by atoms with E-state index in [-0.39, 0.29) is 11.8 Å². The number of aryl methyl sites for hydroxylation is 1. The van der Waals surface area contributed by atoms with E-state index in [1.807, 2.05) is 37.3 Å². The van der Waals surface area contributed by atoms with Gasteiger partial charge in [-0.2, -0.15) is 0 Å². The number of anilines is 1. The standard InChI is InChI=1S/C13H14N2O2/c1-3-15(11-7-5-4-6-8-11)13(16)12-14-9-10(2)17-12/h4-9H,3H2,1-2H3. The number of hydrogen-bond acceptors (Lipinski definition) is 3. The van der Waals surface area contributed by atoms with Crippen LogP contribution in [0.4, 0.5) is 5.69 Å². The van der Waals surface area contributed by atoms with Crippen molar-refractivity contribution < 1.29 is 9.21 Å². The van der Waals surface area contributed by atoms with Gasteiger partial charge in [-0.3, -0.25) is 4.79 Å². The smallest absolute Gasteiger partial charge is 0.314 e. The Bertz CT molecular complexity index is 505. The molecular formula is C13H14N2O2. The van der Waals surface area contributed by atoms with Crippen molar-refractivity contribution >= 4 is 11.6 Å². The molecule has 0 fully saturated rings. The van der Waals surface area contributed by atoms with Crippen LogP contribution in [-0.2, 0) is 0 Å². The summed E-state index contributed by atoms with van der Waals surface area (Å²) in [6, 6.07) is 9.48. The minimum absolute atomic E-state index is 0.133. The van der Waals surface area contributed by atoms with E-state index in [4.69, 9.17) is 4.42 Å². The van der Waals surface area contributed by atoms with Gasteiger partial charge in [0.1, 0.15) is 5.76 Å². The highest BCUT2D eigenvalue weighted by molar-refractivity contribution is 6.02. The fraction of sp³-hybridized carbons (Fsp3) is 0.231. The second-order valence-electron chi connectivity index (χ2n) is 3.66. The predicted molar refractivity (Wildman–Crippen MR) is 65.0 cm³/mol. The van der Waals surface area contributed by atoms with Crippen LogP contribution in [0.15, 0.2) is 40.9 Å². The molecule has 0 unspecified atom stereocenters. The molecule has 0 saturated heterocycles. The quantitative estimate of drug-likeness (QED) is 0.814. The zero-order valence-electron chi connectivity index (χ0n) is 9.88. The summed E-state index contributed by atoms with van der Waals surface area (Å²) in [5, 5.41) is 0. The number of nitrogens with zero attached hydrogens (tertiary/aromatic N) is 2. The van der Waals surface area contributed by atoms with Crippen LogP contribution in [0.2, 0.25) is 0 Å². The van der Waals surface area contributed by atoms with E-state index in [1.54, 1.807) is 18.0 Å². The Kier molecular flexibility index (Phi) is 3.23. The highest BCUT2D eigenvalue weighted by atomic mass is 16.4. The molecule has 1 aromatic heterocycles. The second kappa shape index (κ2) is 4.82. The summed E-state index contributed by atoms with van der Waals surface area (Å²) in [5.74, 6) is 0.553. The van der Waals surface area contributed by atoms with Crippen LogP contribution in [-0.4, -0.2) is 17.4 Å². The van der Waals surface area contributed by atoms with E-state index < -0.39 is 0 Å². The minimum Gasteiger partial charge on any atom is -0.438 e. The largest absolute Gasteiger partial charge is 0.438 e. The van der Waals surface area contributed by atoms with Crippen LogP contribution in [0.3, 0.4) is 0 Å². The number of hydrogen-bond donors (Lipinski definition) is 0. The van der Waals surface area contributed by atoms with Crippen LogP contribution < -0.4 is 4.90 Å². The van der Waals surface area contributed by atoms with Gasteiger partial charge in [-0.25, -0.2) is 4.98 Å². The van der Waals surface area contributed by atoms with E-state index in [9.17, 15) is 4.79 Å². The van der Waals surface area contributed by atoms with Crippen molar-refractivity contribution in [1.29, 1.82) is 0 Å². The lowest BCUT2D eigenvalue weighted by atomic mass is 10.3. The maximum absolute atomic E-state index is 12.2. The Balaban J connectivity index is 2.28. The molecule has 2 rings (SSSR count). The molecule has 4 heteroatoms. The Morgan fingerprint density at radius 3 is 2.59 bits per heavy atom. The fourth-order valence-electron chi connectivity index (χ4n) is 1.62. The first-order valence-electron chi connectivity index (χ1n) is 5.51. The predicted octanol–water partition coefficient (Wildman–Crippen LogP) is 2.65. The van der Waals surface area contributed by atoms with Crippen LogP contribution in [0, 0.1) is 6.92 Å². The van der Waals surface area contributed by atoms with Gasteiger partial charge in [0.15, 0.2) is 0 Å².